The minimum absolute atomic E-state index is 0.178. The first-order valence-corrected chi connectivity index (χ1v) is 10.1. The Kier molecular flexibility index (Phi) is 5.86. The highest BCUT2D eigenvalue weighted by molar-refractivity contribution is 9.09. The quantitative estimate of drug-likeness (QED) is 0.741. The Morgan fingerprint density at radius 2 is 1.86 bits per heavy atom. The lowest BCUT2D eigenvalue weighted by Crippen LogP contribution is -2.33. The number of sulfonamides is 1. The third-order valence-electron chi connectivity index (χ3n) is 4.41. The maximum Gasteiger partial charge on any atom is 0.240 e. The Morgan fingerprint density at radius 3 is 2.52 bits per heavy atom. The number of aryl methyl sites for hydroxylation is 2. The number of benzene rings is 1. The molecular weight excluding hydrogens is 350 g/mol. The van der Waals surface area contributed by atoms with Gasteiger partial charge in [-0.25, -0.2) is 13.1 Å². The monoisotopic (exact) mass is 373 g/mol. The van der Waals surface area contributed by atoms with Crippen LogP contribution < -0.4 is 4.72 Å². The first kappa shape index (κ1) is 17.0. The van der Waals surface area contributed by atoms with Gasteiger partial charge in [0.25, 0.3) is 0 Å². The molecule has 21 heavy (non-hydrogen) atoms. The molecule has 0 saturated carbocycles. The van der Waals surface area contributed by atoms with Crippen molar-refractivity contribution in [2.75, 3.05) is 6.54 Å². The van der Waals surface area contributed by atoms with Crippen molar-refractivity contribution in [3.05, 3.63) is 29.3 Å². The van der Waals surface area contributed by atoms with Crippen LogP contribution in [-0.4, -0.2) is 19.8 Å². The SMILES string of the molecule is CCC(CC)C(Br)CNS(=O)(=O)c1ccc2c(c1)CCC2. The Balaban J connectivity index is 2.05. The first-order valence-electron chi connectivity index (χ1n) is 7.73. The highest BCUT2D eigenvalue weighted by atomic mass is 79.9. The van der Waals surface area contributed by atoms with Crippen LogP contribution in [0.4, 0.5) is 0 Å². The molecule has 0 radical (unpaired) electrons. The zero-order valence-corrected chi connectivity index (χ0v) is 15.1. The molecule has 118 valence electrons. The van der Waals surface area contributed by atoms with Gasteiger partial charge in [0.1, 0.15) is 0 Å². The minimum atomic E-state index is -3.41. The van der Waals surface area contributed by atoms with Crippen LogP contribution >= 0.6 is 15.9 Å². The summed E-state index contributed by atoms with van der Waals surface area (Å²) in [5, 5.41) is 0. The molecule has 0 spiro atoms. The van der Waals surface area contributed by atoms with Crippen LogP contribution in [0, 0.1) is 5.92 Å². The van der Waals surface area contributed by atoms with Crippen molar-refractivity contribution < 1.29 is 8.42 Å². The fourth-order valence-corrected chi connectivity index (χ4v) is 5.19. The molecular formula is C16H24BrNO2S. The molecule has 0 aromatic heterocycles. The second-order valence-corrected chi connectivity index (χ2v) is 8.67. The summed E-state index contributed by atoms with van der Waals surface area (Å²) in [5.41, 5.74) is 2.48. The number of hydrogen-bond acceptors (Lipinski definition) is 2. The molecule has 0 saturated heterocycles. The van der Waals surface area contributed by atoms with E-state index in [0.717, 1.165) is 32.1 Å². The van der Waals surface area contributed by atoms with Gasteiger partial charge < -0.3 is 0 Å². The van der Waals surface area contributed by atoms with Gasteiger partial charge in [0.15, 0.2) is 0 Å². The molecule has 1 aromatic carbocycles. The highest BCUT2D eigenvalue weighted by Crippen LogP contribution is 2.25. The topological polar surface area (TPSA) is 46.2 Å². The van der Waals surface area contributed by atoms with Crippen molar-refractivity contribution in [2.45, 2.75) is 55.7 Å². The van der Waals surface area contributed by atoms with Crippen LogP contribution in [-0.2, 0) is 22.9 Å². The summed E-state index contributed by atoms with van der Waals surface area (Å²) in [6.07, 6.45) is 5.29. The molecule has 3 nitrogen and oxygen atoms in total. The van der Waals surface area contributed by atoms with Gasteiger partial charge in [-0.15, -0.1) is 0 Å². The number of nitrogens with one attached hydrogen (secondary N) is 1. The van der Waals surface area contributed by atoms with Crippen LogP contribution in [0.1, 0.15) is 44.2 Å². The molecule has 5 heteroatoms. The van der Waals surface area contributed by atoms with Crippen LogP contribution in [0.5, 0.6) is 0 Å². The molecule has 0 heterocycles. The largest absolute Gasteiger partial charge is 0.240 e. The van der Waals surface area contributed by atoms with E-state index in [-0.39, 0.29) is 4.83 Å². The summed E-state index contributed by atoms with van der Waals surface area (Å²) in [6.45, 7) is 4.71. The lowest BCUT2D eigenvalue weighted by molar-refractivity contribution is 0.471. The van der Waals surface area contributed by atoms with Gasteiger partial charge in [-0.2, -0.15) is 0 Å². The van der Waals surface area contributed by atoms with E-state index in [2.05, 4.69) is 34.5 Å². The fourth-order valence-electron chi connectivity index (χ4n) is 2.95. The summed E-state index contributed by atoms with van der Waals surface area (Å²) in [5.74, 6) is 0.493. The van der Waals surface area contributed by atoms with Gasteiger partial charge in [0.2, 0.25) is 10.0 Å². The zero-order valence-electron chi connectivity index (χ0n) is 12.7. The third kappa shape index (κ3) is 4.08. The second kappa shape index (κ2) is 7.25. The maximum absolute atomic E-state index is 12.4. The first-order chi connectivity index (χ1) is 9.97. The molecule has 0 bridgehead atoms. The lowest BCUT2D eigenvalue weighted by Gasteiger charge is -2.20. The number of hydrogen-bond donors (Lipinski definition) is 1. The molecule has 1 atom stereocenters. The predicted molar refractivity (Wildman–Crippen MR) is 90.4 cm³/mol. The number of halogens is 1. The van der Waals surface area contributed by atoms with Crippen molar-refractivity contribution in [3.8, 4) is 0 Å². The normalized spacial score (nSPS) is 16.2. The van der Waals surface area contributed by atoms with E-state index in [0.29, 0.717) is 17.4 Å². The zero-order chi connectivity index (χ0) is 15.5. The van der Waals surface area contributed by atoms with E-state index in [1.807, 2.05) is 12.1 Å². The standard InChI is InChI=1S/C16H24BrNO2S/c1-3-12(4-2)16(17)11-18-21(19,20)15-9-8-13-6-5-7-14(13)10-15/h8-10,12,16,18H,3-7,11H2,1-2H3. The second-order valence-electron chi connectivity index (χ2n) is 5.73. The maximum atomic E-state index is 12.4. The van der Waals surface area contributed by atoms with Crippen LogP contribution in [0.2, 0.25) is 0 Å². The molecule has 1 aliphatic carbocycles. The van der Waals surface area contributed by atoms with E-state index in [9.17, 15) is 8.42 Å². The van der Waals surface area contributed by atoms with Crippen molar-refractivity contribution in [1.82, 2.24) is 4.72 Å². The van der Waals surface area contributed by atoms with Gasteiger partial charge in [0, 0.05) is 11.4 Å². The smallest absolute Gasteiger partial charge is 0.210 e. The van der Waals surface area contributed by atoms with Crippen LogP contribution in [0.25, 0.3) is 0 Å². The van der Waals surface area contributed by atoms with Crippen molar-refractivity contribution in [1.29, 1.82) is 0 Å². The lowest BCUT2D eigenvalue weighted by atomic mass is 10.00. The van der Waals surface area contributed by atoms with Crippen molar-refractivity contribution in [3.63, 3.8) is 0 Å². The van der Waals surface area contributed by atoms with Crippen molar-refractivity contribution >= 4 is 26.0 Å². The Labute approximate surface area is 136 Å². The number of fused-ring (bicyclic) bond motifs is 1. The summed E-state index contributed by atoms with van der Waals surface area (Å²) >= 11 is 3.61. The average molecular weight is 374 g/mol. The molecule has 0 amide bonds. The highest BCUT2D eigenvalue weighted by Gasteiger charge is 2.21. The summed E-state index contributed by atoms with van der Waals surface area (Å²) in [6, 6.07) is 5.53. The Bertz CT molecular complexity index is 582. The van der Waals surface area contributed by atoms with E-state index in [4.69, 9.17) is 0 Å². The summed E-state index contributed by atoms with van der Waals surface area (Å²) < 4.78 is 27.5. The van der Waals surface area contributed by atoms with Gasteiger partial charge in [-0.1, -0.05) is 48.7 Å². The van der Waals surface area contributed by atoms with Gasteiger partial charge in [-0.05, 0) is 48.4 Å². The minimum Gasteiger partial charge on any atom is -0.210 e. The Hall–Kier alpha value is -0.390. The predicted octanol–water partition coefficient (Wildman–Crippen LogP) is 3.65. The molecule has 0 fully saturated rings. The van der Waals surface area contributed by atoms with Crippen molar-refractivity contribution in [2.24, 2.45) is 5.92 Å². The molecule has 2 rings (SSSR count). The van der Waals surface area contributed by atoms with E-state index in [1.54, 1.807) is 6.07 Å². The average Bonchev–Trinajstić information content (AvgIpc) is 2.94. The van der Waals surface area contributed by atoms with Crippen LogP contribution in [0.3, 0.4) is 0 Å². The van der Waals surface area contributed by atoms with E-state index < -0.39 is 10.0 Å². The number of alkyl halides is 1. The van der Waals surface area contributed by atoms with Gasteiger partial charge in [-0.3, -0.25) is 0 Å². The molecule has 1 N–H and O–H groups in total. The molecule has 0 aliphatic heterocycles. The Morgan fingerprint density at radius 1 is 1.19 bits per heavy atom. The molecule has 1 aromatic rings. The van der Waals surface area contributed by atoms with E-state index >= 15 is 0 Å². The molecule has 1 aliphatic rings. The number of rotatable bonds is 7. The van der Waals surface area contributed by atoms with Gasteiger partial charge >= 0.3 is 0 Å². The third-order valence-corrected chi connectivity index (χ3v) is 6.90. The summed E-state index contributed by atoms with van der Waals surface area (Å²) in [4.78, 5) is 0.573. The van der Waals surface area contributed by atoms with Gasteiger partial charge in [0.05, 0.1) is 4.90 Å². The van der Waals surface area contributed by atoms with Crippen LogP contribution in [0.15, 0.2) is 23.1 Å². The molecule has 1 unspecified atom stereocenters. The summed E-state index contributed by atoms with van der Waals surface area (Å²) in [7, 11) is -3.41. The fraction of sp³-hybridized carbons (Fsp3) is 0.625. The van der Waals surface area contributed by atoms with E-state index in [1.165, 1.54) is 11.1 Å².